The summed E-state index contributed by atoms with van der Waals surface area (Å²) in [4.78, 5) is 3.95. The van der Waals surface area contributed by atoms with Crippen molar-refractivity contribution in [2.75, 3.05) is 35.3 Å². The predicted octanol–water partition coefficient (Wildman–Crippen LogP) is 1.01. The lowest BCUT2D eigenvalue weighted by molar-refractivity contribution is 0.124. The van der Waals surface area contributed by atoms with E-state index in [-0.39, 0.29) is 7.19 Å². The van der Waals surface area contributed by atoms with E-state index in [1.54, 1.807) is 7.11 Å². The third kappa shape index (κ3) is 4.02. The Morgan fingerprint density at radius 2 is 1.43 bits per heavy atom. The van der Waals surface area contributed by atoms with Gasteiger partial charge in [0.05, 0.1) is 7.11 Å². The molecule has 0 bridgehead atoms. The van der Waals surface area contributed by atoms with Gasteiger partial charge < -0.3 is 9.39 Å². The fourth-order valence-corrected chi connectivity index (χ4v) is 1.14. The largest absolute Gasteiger partial charge is 0.549 e. The van der Waals surface area contributed by atoms with Crippen LogP contribution < -0.4 is 0 Å². The second-order valence-corrected chi connectivity index (χ2v) is 3.86. The summed E-state index contributed by atoms with van der Waals surface area (Å²) in [7, 11) is 9.35. The van der Waals surface area contributed by atoms with Crippen molar-refractivity contribution >= 4 is 7.19 Å². The first kappa shape index (κ1) is 13.3. The summed E-state index contributed by atoms with van der Waals surface area (Å²) in [6.45, 7) is 3.92. The van der Waals surface area contributed by atoms with Crippen LogP contribution in [-0.4, -0.2) is 52.1 Å². The zero-order chi connectivity index (χ0) is 11.3. The summed E-state index contributed by atoms with van der Waals surface area (Å²) in [6.07, 6.45) is 0. The Balaban J connectivity index is 4.51. The van der Waals surface area contributed by atoms with Gasteiger partial charge in [0.25, 0.3) is 5.95 Å². The van der Waals surface area contributed by atoms with Crippen LogP contribution in [0.5, 0.6) is 0 Å². The molecule has 0 fully saturated rings. The monoisotopic (exact) mass is 200 g/mol. The Hall–Kier alpha value is -0.675. The zero-order valence-corrected chi connectivity index (χ0v) is 10.3. The van der Waals surface area contributed by atoms with E-state index in [1.165, 1.54) is 0 Å². The summed E-state index contributed by atoms with van der Waals surface area (Å²) in [6, 6.07) is 0. The van der Waals surface area contributed by atoms with Crippen LogP contribution in [0.25, 0.3) is 0 Å². The summed E-state index contributed by atoms with van der Waals surface area (Å²) in [5, 5.41) is 0. The van der Waals surface area contributed by atoms with Crippen LogP contribution in [0.2, 0.25) is 0 Å². The van der Waals surface area contributed by atoms with Crippen LogP contribution in [0.1, 0.15) is 13.8 Å². The SMILES string of the molecule is COC(OB(N(C)C)N(C)C)=C(C)C. The number of rotatable bonds is 5. The Bertz CT molecular complexity index is 193. The van der Waals surface area contributed by atoms with Crippen molar-refractivity contribution in [3.05, 3.63) is 11.5 Å². The van der Waals surface area contributed by atoms with Gasteiger partial charge in [-0.25, -0.2) is 0 Å². The molecule has 82 valence electrons. The van der Waals surface area contributed by atoms with Gasteiger partial charge in [-0.05, 0) is 42.0 Å². The van der Waals surface area contributed by atoms with Crippen molar-refractivity contribution in [3.63, 3.8) is 0 Å². The molecule has 0 radical (unpaired) electrons. The quantitative estimate of drug-likeness (QED) is 0.488. The molecular formula is C9H21BN2O2. The molecule has 14 heavy (non-hydrogen) atoms. The van der Waals surface area contributed by atoms with Crippen molar-refractivity contribution in [1.82, 2.24) is 9.62 Å². The maximum Gasteiger partial charge on any atom is 0.549 e. The number of nitrogens with zero attached hydrogens (tertiary/aromatic N) is 2. The van der Waals surface area contributed by atoms with Gasteiger partial charge >= 0.3 is 7.19 Å². The molecule has 0 heterocycles. The van der Waals surface area contributed by atoms with Gasteiger partial charge in [-0.3, -0.25) is 9.62 Å². The van der Waals surface area contributed by atoms with E-state index in [9.17, 15) is 0 Å². The zero-order valence-electron chi connectivity index (χ0n) is 10.3. The highest BCUT2D eigenvalue weighted by Crippen LogP contribution is 2.09. The average molecular weight is 200 g/mol. The molecule has 0 spiro atoms. The summed E-state index contributed by atoms with van der Waals surface area (Å²) < 4.78 is 10.8. The number of methoxy groups -OCH3 is 1. The normalized spacial score (nSPS) is 10.4. The van der Waals surface area contributed by atoms with Crippen molar-refractivity contribution in [3.8, 4) is 0 Å². The van der Waals surface area contributed by atoms with Gasteiger partial charge in [0, 0.05) is 5.57 Å². The van der Waals surface area contributed by atoms with Crippen LogP contribution in [0, 0.1) is 0 Å². The first-order valence-corrected chi connectivity index (χ1v) is 4.61. The Labute approximate surface area is 87.6 Å². The minimum atomic E-state index is -0.111. The molecule has 0 aromatic carbocycles. The highest BCUT2D eigenvalue weighted by Gasteiger charge is 2.27. The molecule has 0 unspecified atom stereocenters. The summed E-state index contributed by atoms with van der Waals surface area (Å²) >= 11 is 0. The third-order valence-electron chi connectivity index (χ3n) is 1.69. The number of hydrogen-bond donors (Lipinski definition) is 0. The molecule has 0 aliphatic carbocycles. The molecule has 0 rings (SSSR count). The van der Waals surface area contributed by atoms with Crippen LogP contribution >= 0.6 is 0 Å². The van der Waals surface area contributed by atoms with E-state index in [0.29, 0.717) is 5.95 Å². The second kappa shape index (κ2) is 5.93. The maximum absolute atomic E-state index is 5.69. The minimum absolute atomic E-state index is 0.111. The molecule has 0 amide bonds. The van der Waals surface area contributed by atoms with Gasteiger partial charge in [0.15, 0.2) is 0 Å². The van der Waals surface area contributed by atoms with Crippen molar-refractivity contribution in [2.45, 2.75) is 13.8 Å². The lowest BCUT2D eigenvalue weighted by atomic mass is 9.97. The lowest BCUT2D eigenvalue weighted by Crippen LogP contribution is -2.48. The summed E-state index contributed by atoms with van der Waals surface area (Å²) in [5.74, 6) is 0.581. The molecule has 5 heteroatoms. The number of hydrogen-bond acceptors (Lipinski definition) is 4. The van der Waals surface area contributed by atoms with Gasteiger partial charge in [0.1, 0.15) is 0 Å². The van der Waals surface area contributed by atoms with Crippen LogP contribution in [0.4, 0.5) is 0 Å². The highest BCUT2D eigenvalue weighted by atomic mass is 16.7. The fraction of sp³-hybridized carbons (Fsp3) is 0.778. The van der Waals surface area contributed by atoms with E-state index in [1.807, 2.05) is 51.7 Å². The van der Waals surface area contributed by atoms with E-state index >= 15 is 0 Å². The van der Waals surface area contributed by atoms with Gasteiger partial charge in [-0.15, -0.1) is 0 Å². The molecule has 0 aliphatic rings. The predicted molar refractivity (Wildman–Crippen MR) is 59.6 cm³/mol. The molecule has 0 saturated carbocycles. The van der Waals surface area contributed by atoms with Gasteiger partial charge in [-0.2, -0.15) is 0 Å². The first-order chi connectivity index (χ1) is 6.40. The number of allylic oxidation sites excluding steroid dienone is 1. The van der Waals surface area contributed by atoms with Gasteiger partial charge in [-0.1, -0.05) is 0 Å². The molecule has 0 aromatic heterocycles. The van der Waals surface area contributed by atoms with Gasteiger partial charge in [0.2, 0.25) is 0 Å². The second-order valence-electron chi connectivity index (χ2n) is 3.86. The van der Waals surface area contributed by atoms with Crippen LogP contribution in [0.3, 0.4) is 0 Å². The van der Waals surface area contributed by atoms with Crippen molar-refractivity contribution in [2.24, 2.45) is 0 Å². The van der Waals surface area contributed by atoms with E-state index < -0.39 is 0 Å². The topological polar surface area (TPSA) is 24.9 Å². The molecular weight excluding hydrogens is 179 g/mol. The third-order valence-corrected chi connectivity index (χ3v) is 1.69. The van der Waals surface area contributed by atoms with E-state index in [0.717, 1.165) is 5.57 Å². The Kier molecular flexibility index (Phi) is 5.65. The minimum Gasteiger partial charge on any atom is -0.506 e. The molecule has 4 nitrogen and oxygen atoms in total. The summed E-state index contributed by atoms with van der Waals surface area (Å²) in [5.41, 5.74) is 1.03. The van der Waals surface area contributed by atoms with Crippen LogP contribution in [-0.2, 0) is 9.39 Å². The molecule has 0 N–H and O–H groups in total. The Morgan fingerprint density at radius 1 is 1.00 bits per heavy atom. The highest BCUT2D eigenvalue weighted by molar-refractivity contribution is 6.45. The van der Waals surface area contributed by atoms with E-state index in [2.05, 4.69) is 0 Å². The van der Waals surface area contributed by atoms with Crippen molar-refractivity contribution in [1.29, 1.82) is 0 Å². The van der Waals surface area contributed by atoms with Crippen molar-refractivity contribution < 1.29 is 9.39 Å². The van der Waals surface area contributed by atoms with E-state index in [4.69, 9.17) is 9.39 Å². The smallest absolute Gasteiger partial charge is 0.506 e. The first-order valence-electron chi connectivity index (χ1n) is 4.61. The van der Waals surface area contributed by atoms with Crippen LogP contribution in [0.15, 0.2) is 11.5 Å². The standard InChI is InChI=1S/C9H21BN2O2/c1-8(2)9(13-7)14-10(11(3)4)12(5)6/h1-7H3. The maximum atomic E-state index is 5.69. The average Bonchev–Trinajstić information content (AvgIpc) is 2.03. The number of ether oxygens (including phenoxy) is 1. The molecule has 0 atom stereocenters. The molecule has 0 saturated heterocycles. The lowest BCUT2D eigenvalue weighted by Gasteiger charge is -2.26. The molecule has 0 aliphatic heterocycles. The Morgan fingerprint density at radius 3 is 1.64 bits per heavy atom. The fourth-order valence-electron chi connectivity index (χ4n) is 1.14. The molecule has 0 aromatic rings.